The average molecular weight is 513 g/mol. The SMILES string of the molecule is CCCCCCOc1ccc(-c2ncc(C)cn2)cc1.CCCCOc1ccc(-c2ncc(C)cn2)cc1. The smallest absolute Gasteiger partial charge is 0.159 e. The van der Waals surface area contributed by atoms with E-state index in [0.29, 0.717) is 0 Å². The number of hydrogen-bond donors (Lipinski definition) is 0. The van der Waals surface area contributed by atoms with Crippen LogP contribution in [0, 0.1) is 13.8 Å². The maximum absolute atomic E-state index is 5.72. The molecule has 0 unspecified atom stereocenters. The summed E-state index contributed by atoms with van der Waals surface area (Å²) in [6.07, 6.45) is 14.5. The molecule has 0 atom stereocenters. The second-order valence-corrected chi connectivity index (χ2v) is 9.33. The van der Waals surface area contributed by atoms with E-state index < -0.39 is 0 Å². The fourth-order valence-corrected chi connectivity index (χ4v) is 3.54. The van der Waals surface area contributed by atoms with E-state index in [1.165, 1.54) is 19.3 Å². The van der Waals surface area contributed by atoms with Crippen molar-refractivity contribution in [1.82, 2.24) is 19.9 Å². The van der Waals surface area contributed by atoms with E-state index in [0.717, 1.165) is 77.9 Å². The van der Waals surface area contributed by atoms with Crippen molar-refractivity contribution in [2.75, 3.05) is 13.2 Å². The molecule has 0 aliphatic rings. The van der Waals surface area contributed by atoms with Crippen molar-refractivity contribution >= 4 is 0 Å². The molecule has 0 aliphatic heterocycles. The molecule has 2 aromatic heterocycles. The molecule has 6 nitrogen and oxygen atoms in total. The van der Waals surface area contributed by atoms with Gasteiger partial charge >= 0.3 is 0 Å². The van der Waals surface area contributed by atoms with E-state index in [2.05, 4.69) is 33.8 Å². The zero-order chi connectivity index (χ0) is 27.0. The minimum atomic E-state index is 0.751. The Hall–Kier alpha value is -3.80. The minimum absolute atomic E-state index is 0.751. The second kappa shape index (κ2) is 16.1. The van der Waals surface area contributed by atoms with Crippen LogP contribution in [0.3, 0.4) is 0 Å². The molecular weight excluding hydrogens is 472 g/mol. The highest BCUT2D eigenvalue weighted by Crippen LogP contribution is 2.20. The van der Waals surface area contributed by atoms with Gasteiger partial charge in [0.05, 0.1) is 13.2 Å². The predicted octanol–water partition coefficient (Wildman–Crippen LogP) is 8.04. The van der Waals surface area contributed by atoms with Crippen molar-refractivity contribution in [2.45, 2.75) is 66.2 Å². The lowest BCUT2D eigenvalue weighted by Crippen LogP contribution is -1.97. The van der Waals surface area contributed by atoms with Crippen LogP contribution in [0.2, 0.25) is 0 Å². The van der Waals surface area contributed by atoms with Crippen molar-refractivity contribution < 1.29 is 9.47 Å². The van der Waals surface area contributed by atoms with Crippen LogP contribution < -0.4 is 9.47 Å². The topological polar surface area (TPSA) is 70.0 Å². The van der Waals surface area contributed by atoms with Gasteiger partial charge in [-0.15, -0.1) is 0 Å². The lowest BCUT2D eigenvalue weighted by Gasteiger charge is -2.06. The van der Waals surface area contributed by atoms with Crippen LogP contribution in [-0.2, 0) is 0 Å². The number of aromatic nitrogens is 4. The van der Waals surface area contributed by atoms with Crippen molar-refractivity contribution in [2.24, 2.45) is 0 Å². The van der Waals surface area contributed by atoms with Gasteiger partial charge in [-0.2, -0.15) is 0 Å². The van der Waals surface area contributed by atoms with Crippen LogP contribution in [0.5, 0.6) is 11.5 Å². The van der Waals surface area contributed by atoms with E-state index in [1.54, 1.807) is 0 Å². The Balaban J connectivity index is 0.000000212. The molecule has 0 saturated carbocycles. The Morgan fingerprint density at radius 3 is 1.29 bits per heavy atom. The molecule has 2 heterocycles. The lowest BCUT2D eigenvalue weighted by molar-refractivity contribution is 0.305. The minimum Gasteiger partial charge on any atom is -0.494 e. The van der Waals surface area contributed by atoms with E-state index >= 15 is 0 Å². The summed E-state index contributed by atoms with van der Waals surface area (Å²) < 4.78 is 11.3. The molecule has 0 saturated heterocycles. The van der Waals surface area contributed by atoms with E-state index in [-0.39, 0.29) is 0 Å². The van der Waals surface area contributed by atoms with E-state index in [1.807, 2.05) is 87.2 Å². The van der Waals surface area contributed by atoms with Gasteiger partial charge in [-0.25, -0.2) is 19.9 Å². The van der Waals surface area contributed by atoms with Gasteiger partial charge in [-0.3, -0.25) is 0 Å². The first-order valence-corrected chi connectivity index (χ1v) is 13.6. The highest BCUT2D eigenvalue weighted by Gasteiger charge is 2.02. The van der Waals surface area contributed by atoms with Gasteiger partial charge in [-0.1, -0.05) is 39.5 Å². The van der Waals surface area contributed by atoms with Crippen molar-refractivity contribution in [3.8, 4) is 34.3 Å². The number of hydrogen-bond acceptors (Lipinski definition) is 6. The van der Waals surface area contributed by atoms with E-state index in [9.17, 15) is 0 Å². The summed E-state index contributed by atoms with van der Waals surface area (Å²) >= 11 is 0. The molecule has 0 spiro atoms. The third-order valence-electron chi connectivity index (χ3n) is 5.82. The largest absolute Gasteiger partial charge is 0.494 e. The van der Waals surface area contributed by atoms with Gasteiger partial charge in [0.2, 0.25) is 0 Å². The zero-order valence-electron chi connectivity index (χ0n) is 23.2. The Morgan fingerprint density at radius 2 is 0.895 bits per heavy atom. The molecule has 200 valence electrons. The van der Waals surface area contributed by atoms with Gasteiger partial charge in [0.25, 0.3) is 0 Å². The molecule has 0 radical (unpaired) electrons. The molecule has 0 aliphatic carbocycles. The number of nitrogens with zero attached hydrogens (tertiary/aromatic N) is 4. The third kappa shape index (κ3) is 9.92. The molecule has 0 bridgehead atoms. The van der Waals surface area contributed by atoms with Gasteiger partial charge in [0, 0.05) is 35.9 Å². The van der Waals surface area contributed by atoms with Crippen molar-refractivity contribution in [3.05, 3.63) is 84.4 Å². The summed E-state index contributed by atoms with van der Waals surface area (Å²) in [5, 5.41) is 0. The Labute approximate surface area is 227 Å². The van der Waals surface area contributed by atoms with Crippen LogP contribution in [0.15, 0.2) is 73.3 Å². The fraction of sp³-hybridized carbons (Fsp3) is 0.375. The number of aryl methyl sites for hydroxylation is 2. The maximum atomic E-state index is 5.72. The highest BCUT2D eigenvalue weighted by molar-refractivity contribution is 5.56. The molecule has 38 heavy (non-hydrogen) atoms. The summed E-state index contributed by atoms with van der Waals surface area (Å²) in [7, 11) is 0. The summed E-state index contributed by atoms with van der Waals surface area (Å²) in [5.74, 6) is 3.32. The van der Waals surface area contributed by atoms with Crippen LogP contribution >= 0.6 is 0 Å². The lowest BCUT2D eigenvalue weighted by atomic mass is 10.2. The van der Waals surface area contributed by atoms with E-state index in [4.69, 9.17) is 9.47 Å². The van der Waals surface area contributed by atoms with Gasteiger partial charge in [-0.05, 0) is 86.3 Å². The van der Waals surface area contributed by atoms with Gasteiger partial charge in [0.15, 0.2) is 11.6 Å². The first-order chi connectivity index (χ1) is 18.6. The summed E-state index contributed by atoms with van der Waals surface area (Å²) in [4.78, 5) is 17.2. The predicted molar refractivity (Wildman–Crippen MR) is 154 cm³/mol. The Morgan fingerprint density at radius 1 is 0.500 bits per heavy atom. The quantitative estimate of drug-likeness (QED) is 0.179. The number of ether oxygens (including phenoxy) is 2. The molecule has 2 aromatic carbocycles. The standard InChI is InChI=1S/C17H22N2O.C15H18N2O/c1-3-4-5-6-11-20-16-9-7-15(8-10-16)17-18-12-14(2)13-19-17;1-3-4-9-18-14-7-5-13(6-8-14)15-16-10-12(2)11-17-15/h7-10,12-13H,3-6,11H2,1-2H3;5-8,10-11H,3-4,9H2,1-2H3. The van der Waals surface area contributed by atoms with Gasteiger partial charge in [0.1, 0.15) is 11.5 Å². The van der Waals surface area contributed by atoms with Crippen LogP contribution in [-0.4, -0.2) is 33.1 Å². The molecule has 0 N–H and O–H groups in total. The summed E-state index contributed by atoms with van der Waals surface area (Å²) in [5.41, 5.74) is 4.17. The van der Waals surface area contributed by atoms with Crippen LogP contribution in [0.25, 0.3) is 22.8 Å². The van der Waals surface area contributed by atoms with Gasteiger partial charge < -0.3 is 9.47 Å². The van der Waals surface area contributed by atoms with Crippen LogP contribution in [0.1, 0.15) is 63.5 Å². The number of benzene rings is 2. The van der Waals surface area contributed by atoms with Crippen molar-refractivity contribution in [3.63, 3.8) is 0 Å². The second-order valence-electron chi connectivity index (χ2n) is 9.33. The highest BCUT2D eigenvalue weighted by atomic mass is 16.5. The Kier molecular flexibility index (Phi) is 12.2. The Bertz CT molecular complexity index is 1180. The fourth-order valence-electron chi connectivity index (χ4n) is 3.54. The number of unbranched alkanes of at least 4 members (excludes halogenated alkanes) is 4. The molecular formula is C32H40N4O2. The average Bonchev–Trinajstić information content (AvgIpc) is 2.95. The molecule has 0 amide bonds. The molecule has 0 fully saturated rings. The summed E-state index contributed by atoms with van der Waals surface area (Å²) in [6, 6.07) is 15.9. The molecule has 4 aromatic rings. The number of rotatable bonds is 12. The van der Waals surface area contributed by atoms with Crippen LogP contribution in [0.4, 0.5) is 0 Å². The normalized spacial score (nSPS) is 10.4. The zero-order valence-corrected chi connectivity index (χ0v) is 23.2. The third-order valence-corrected chi connectivity index (χ3v) is 5.82. The first kappa shape index (κ1) is 28.8. The monoisotopic (exact) mass is 512 g/mol. The first-order valence-electron chi connectivity index (χ1n) is 13.6. The summed E-state index contributed by atoms with van der Waals surface area (Å²) in [6.45, 7) is 9.90. The maximum Gasteiger partial charge on any atom is 0.159 e. The molecule has 4 rings (SSSR count). The van der Waals surface area contributed by atoms with Crippen molar-refractivity contribution in [1.29, 1.82) is 0 Å². The molecule has 6 heteroatoms.